The highest BCUT2D eigenvalue weighted by molar-refractivity contribution is 5.96. The minimum absolute atomic E-state index is 0. The zero-order valence-corrected chi connectivity index (χ0v) is 12.9. The summed E-state index contributed by atoms with van der Waals surface area (Å²) < 4.78 is 5.16. The molecule has 1 amide bonds. The second-order valence-corrected chi connectivity index (χ2v) is 5.33. The third-order valence-corrected chi connectivity index (χ3v) is 4.11. The van der Waals surface area contributed by atoms with Crippen molar-refractivity contribution in [2.45, 2.75) is 32.6 Å². The van der Waals surface area contributed by atoms with E-state index in [0.29, 0.717) is 6.54 Å². The van der Waals surface area contributed by atoms with Gasteiger partial charge in [0.2, 0.25) is 5.91 Å². The second-order valence-electron chi connectivity index (χ2n) is 5.33. The van der Waals surface area contributed by atoms with E-state index in [4.69, 9.17) is 10.5 Å². The van der Waals surface area contributed by atoms with Crippen molar-refractivity contribution in [1.29, 1.82) is 0 Å². The Labute approximate surface area is 126 Å². The number of carbonyl (C=O) groups excluding carboxylic acids is 1. The normalized spacial score (nSPS) is 16.4. The van der Waals surface area contributed by atoms with Gasteiger partial charge in [-0.3, -0.25) is 4.79 Å². The Morgan fingerprint density at radius 1 is 1.40 bits per heavy atom. The molecule has 20 heavy (non-hydrogen) atoms. The quantitative estimate of drug-likeness (QED) is 0.898. The molecule has 1 aromatic rings. The average molecular weight is 299 g/mol. The third kappa shape index (κ3) is 3.25. The number of hydrogen-bond acceptors (Lipinski definition) is 3. The van der Waals surface area contributed by atoms with Crippen LogP contribution in [0.1, 0.15) is 31.2 Å². The molecule has 1 aliphatic rings. The summed E-state index contributed by atoms with van der Waals surface area (Å²) >= 11 is 0. The molecule has 0 unspecified atom stereocenters. The molecule has 1 fully saturated rings. The highest BCUT2D eigenvalue weighted by Gasteiger charge is 2.39. The van der Waals surface area contributed by atoms with Crippen molar-refractivity contribution in [2.75, 3.05) is 19.0 Å². The molecule has 2 rings (SSSR count). The number of amides is 1. The molecule has 3 N–H and O–H groups in total. The largest absolute Gasteiger partial charge is 0.497 e. The number of methoxy groups -OCH3 is 1. The smallest absolute Gasteiger partial charge is 0.231 e. The molecule has 1 aromatic carbocycles. The van der Waals surface area contributed by atoms with E-state index in [1.807, 2.05) is 25.1 Å². The lowest BCUT2D eigenvalue weighted by Gasteiger charge is -2.26. The SMILES string of the molecule is COc1ccc(NC(=O)C2(CN)CCCC2)c(C)c1.Cl. The predicted molar refractivity (Wildman–Crippen MR) is 83.6 cm³/mol. The molecule has 0 spiro atoms. The summed E-state index contributed by atoms with van der Waals surface area (Å²) in [5, 5.41) is 3.02. The van der Waals surface area contributed by atoms with E-state index in [0.717, 1.165) is 42.7 Å². The number of nitrogens with one attached hydrogen (secondary N) is 1. The summed E-state index contributed by atoms with van der Waals surface area (Å²) in [5.41, 5.74) is 7.29. The summed E-state index contributed by atoms with van der Waals surface area (Å²) in [6, 6.07) is 5.65. The molecule has 0 atom stereocenters. The fraction of sp³-hybridized carbons (Fsp3) is 0.533. The minimum atomic E-state index is -0.369. The van der Waals surface area contributed by atoms with Gasteiger partial charge in [0.1, 0.15) is 5.75 Å². The minimum Gasteiger partial charge on any atom is -0.497 e. The number of ether oxygens (including phenoxy) is 1. The first-order valence-corrected chi connectivity index (χ1v) is 6.77. The van der Waals surface area contributed by atoms with E-state index in [2.05, 4.69) is 5.32 Å². The average Bonchev–Trinajstić information content (AvgIpc) is 2.91. The van der Waals surface area contributed by atoms with Crippen molar-refractivity contribution in [2.24, 2.45) is 11.1 Å². The first-order chi connectivity index (χ1) is 9.11. The third-order valence-electron chi connectivity index (χ3n) is 4.11. The first-order valence-electron chi connectivity index (χ1n) is 6.77. The van der Waals surface area contributed by atoms with Crippen LogP contribution in [0.25, 0.3) is 0 Å². The van der Waals surface area contributed by atoms with E-state index >= 15 is 0 Å². The van der Waals surface area contributed by atoms with Crippen LogP contribution in [0.3, 0.4) is 0 Å². The molecule has 4 nitrogen and oxygen atoms in total. The van der Waals surface area contributed by atoms with Crippen LogP contribution in [-0.4, -0.2) is 19.6 Å². The summed E-state index contributed by atoms with van der Waals surface area (Å²) in [6.45, 7) is 2.38. The number of benzene rings is 1. The van der Waals surface area contributed by atoms with E-state index in [1.54, 1.807) is 7.11 Å². The first kappa shape index (κ1) is 16.8. The van der Waals surface area contributed by atoms with Crippen LogP contribution < -0.4 is 15.8 Å². The summed E-state index contributed by atoms with van der Waals surface area (Å²) in [5.74, 6) is 0.852. The fourth-order valence-corrected chi connectivity index (χ4v) is 2.73. The molecular weight excluding hydrogens is 276 g/mol. The standard InChI is InChI=1S/C15H22N2O2.ClH/c1-11-9-12(19-2)5-6-13(11)17-14(18)15(10-16)7-3-4-8-15;/h5-6,9H,3-4,7-8,10,16H2,1-2H3,(H,17,18);1H. The molecular formula is C15H23ClN2O2. The van der Waals surface area contributed by atoms with Gasteiger partial charge in [0.25, 0.3) is 0 Å². The molecule has 0 heterocycles. The molecule has 0 aliphatic heterocycles. The van der Waals surface area contributed by atoms with E-state index in [9.17, 15) is 4.79 Å². The van der Waals surface area contributed by atoms with Gasteiger partial charge in [0.05, 0.1) is 12.5 Å². The molecule has 1 aliphatic carbocycles. The van der Waals surface area contributed by atoms with Gasteiger partial charge < -0.3 is 15.8 Å². The lowest BCUT2D eigenvalue weighted by atomic mass is 9.85. The molecule has 0 bridgehead atoms. The number of rotatable bonds is 4. The van der Waals surface area contributed by atoms with Gasteiger partial charge in [-0.2, -0.15) is 0 Å². The van der Waals surface area contributed by atoms with Gasteiger partial charge in [-0.05, 0) is 43.5 Å². The Morgan fingerprint density at radius 3 is 2.55 bits per heavy atom. The number of carbonyl (C=O) groups is 1. The fourth-order valence-electron chi connectivity index (χ4n) is 2.73. The van der Waals surface area contributed by atoms with Crippen molar-refractivity contribution in [3.63, 3.8) is 0 Å². The van der Waals surface area contributed by atoms with Crippen molar-refractivity contribution >= 4 is 24.0 Å². The van der Waals surface area contributed by atoms with Crippen molar-refractivity contribution < 1.29 is 9.53 Å². The van der Waals surface area contributed by atoms with Crippen LogP contribution in [0, 0.1) is 12.3 Å². The topological polar surface area (TPSA) is 64.3 Å². The maximum absolute atomic E-state index is 12.5. The van der Waals surface area contributed by atoms with Crippen LogP contribution in [0.4, 0.5) is 5.69 Å². The Hall–Kier alpha value is -1.26. The van der Waals surface area contributed by atoms with Gasteiger partial charge in [-0.1, -0.05) is 12.8 Å². The van der Waals surface area contributed by atoms with Crippen molar-refractivity contribution in [3.8, 4) is 5.75 Å². The summed E-state index contributed by atoms with van der Waals surface area (Å²) in [7, 11) is 1.63. The van der Waals surface area contributed by atoms with Gasteiger partial charge in [-0.15, -0.1) is 12.4 Å². The lowest BCUT2D eigenvalue weighted by Crippen LogP contribution is -2.40. The van der Waals surface area contributed by atoms with Crippen molar-refractivity contribution in [1.82, 2.24) is 0 Å². The van der Waals surface area contributed by atoms with Gasteiger partial charge in [0.15, 0.2) is 0 Å². The van der Waals surface area contributed by atoms with E-state index in [1.165, 1.54) is 0 Å². The highest BCUT2D eigenvalue weighted by atomic mass is 35.5. The number of anilines is 1. The Balaban J connectivity index is 0.00000200. The molecule has 5 heteroatoms. The molecule has 0 radical (unpaired) electrons. The van der Waals surface area contributed by atoms with Crippen molar-refractivity contribution in [3.05, 3.63) is 23.8 Å². The number of nitrogens with two attached hydrogens (primary N) is 1. The van der Waals surface area contributed by atoms with Gasteiger partial charge >= 0.3 is 0 Å². The van der Waals surface area contributed by atoms with Crippen LogP contribution >= 0.6 is 12.4 Å². The van der Waals surface area contributed by atoms with Gasteiger partial charge in [0, 0.05) is 12.2 Å². The zero-order chi connectivity index (χ0) is 13.9. The number of aryl methyl sites for hydroxylation is 1. The monoisotopic (exact) mass is 298 g/mol. The Morgan fingerprint density at radius 2 is 2.05 bits per heavy atom. The van der Waals surface area contributed by atoms with Crippen LogP contribution in [0.15, 0.2) is 18.2 Å². The molecule has 1 saturated carbocycles. The molecule has 0 aromatic heterocycles. The Bertz CT molecular complexity index is 471. The summed E-state index contributed by atoms with van der Waals surface area (Å²) in [6.07, 6.45) is 3.97. The predicted octanol–water partition coefficient (Wildman–Crippen LogP) is 2.88. The number of hydrogen-bond donors (Lipinski definition) is 2. The maximum atomic E-state index is 12.5. The molecule has 112 valence electrons. The van der Waals surface area contributed by atoms with Crippen LogP contribution in [0.5, 0.6) is 5.75 Å². The zero-order valence-electron chi connectivity index (χ0n) is 12.1. The number of halogens is 1. The highest BCUT2D eigenvalue weighted by Crippen LogP contribution is 2.38. The van der Waals surface area contributed by atoms with E-state index < -0.39 is 0 Å². The van der Waals surface area contributed by atoms with E-state index in [-0.39, 0.29) is 23.7 Å². The second kappa shape index (κ2) is 6.95. The lowest BCUT2D eigenvalue weighted by molar-refractivity contribution is -0.124. The molecule has 0 saturated heterocycles. The maximum Gasteiger partial charge on any atom is 0.231 e. The summed E-state index contributed by atoms with van der Waals surface area (Å²) in [4.78, 5) is 12.5. The van der Waals surface area contributed by atoms with Crippen LogP contribution in [0.2, 0.25) is 0 Å². The Kier molecular flexibility index (Phi) is 5.84. The van der Waals surface area contributed by atoms with Crippen LogP contribution in [-0.2, 0) is 4.79 Å². The van der Waals surface area contributed by atoms with Gasteiger partial charge in [-0.25, -0.2) is 0 Å².